The van der Waals surface area contributed by atoms with E-state index in [1.807, 2.05) is 44.2 Å². The molecule has 10 nitrogen and oxygen atoms in total. The van der Waals surface area contributed by atoms with Gasteiger partial charge in [-0.25, -0.2) is 14.4 Å². The molecule has 0 radical (unpaired) electrons. The summed E-state index contributed by atoms with van der Waals surface area (Å²) in [7, 11) is 0.917. The highest BCUT2D eigenvalue weighted by atomic mass is 32.3. The van der Waals surface area contributed by atoms with E-state index in [0.717, 1.165) is 31.2 Å². The molecular weight excluding hydrogens is 581 g/mol. The number of fused-ring (bicyclic) bond motifs is 1. The van der Waals surface area contributed by atoms with Crippen LogP contribution < -0.4 is 15.6 Å². The minimum atomic E-state index is -3.31. The lowest BCUT2D eigenvalue weighted by molar-refractivity contribution is 0.221. The van der Waals surface area contributed by atoms with E-state index >= 15 is 4.39 Å². The highest BCUT2D eigenvalue weighted by molar-refractivity contribution is 8.26. The first-order valence-electron chi connectivity index (χ1n) is 15.1. The molecule has 0 bridgehead atoms. The summed E-state index contributed by atoms with van der Waals surface area (Å²) in [6.45, 7) is 3.78. The Morgan fingerprint density at radius 1 is 1.07 bits per heavy atom. The van der Waals surface area contributed by atoms with Crippen LogP contribution in [-0.4, -0.2) is 65.0 Å². The number of nitrogens with one attached hydrogen (secondary N) is 2. The molecule has 4 aromatic rings. The summed E-state index contributed by atoms with van der Waals surface area (Å²) in [6.07, 6.45) is 6.41. The van der Waals surface area contributed by atoms with Crippen molar-refractivity contribution >= 4 is 33.6 Å². The van der Waals surface area contributed by atoms with E-state index < -0.39 is 27.4 Å². The summed E-state index contributed by atoms with van der Waals surface area (Å²) in [5.74, 6) is -0.250. The van der Waals surface area contributed by atoms with Crippen LogP contribution in [0.2, 0.25) is 0 Å². The Labute approximate surface area is 261 Å². The number of hydrogen-bond donors (Lipinski definition) is 4. The molecule has 2 heterocycles. The fraction of sp³-hybridized carbons (Fsp3) is 0.438. The summed E-state index contributed by atoms with van der Waals surface area (Å²) in [5, 5.41) is 3.04. The SMILES string of the molecule is CC(C)n1c(=O)c(-c2ccc(NS(O)(O)[C@@H]3C[C@H]3c3ccccc3)c(F)c2)nc2cnc(NC3CCC(N(C)C)CC3)nc21.[HH].[HH]. The van der Waals surface area contributed by atoms with Crippen LogP contribution in [0.25, 0.3) is 22.4 Å². The molecule has 2 aromatic heterocycles. The Bertz CT molecular complexity index is 1720. The van der Waals surface area contributed by atoms with E-state index in [1.165, 1.54) is 12.1 Å². The van der Waals surface area contributed by atoms with Crippen LogP contribution in [0, 0.1) is 5.82 Å². The first kappa shape index (κ1) is 30.4. The van der Waals surface area contributed by atoms with Crippen LogP contribution in [-0.2, 0) is 0 Å². The first-order valence-corrected chi connectivity index (χ1v) is 16.7. The molecule has 0 spiro atoms. The van der Waals surface area contributed by atoms with Crippen LogP contribution in [0.5, 0.6) is 0 Å². The molecule has 2 atom stereocenters. The van der Waals surface area contributed by atoms with Crippen molar-refractivity contribution in [2.75, 3.05) is 24.1 Å². The number of benzene rings is 2. The third-order valence-corrected chi connectivity index (χ3v) is 10.7. The van der Waals surface area contributed by atoms with Crippen LogP contribution in [0.4, 0.5) is 16.0 Å². The van der Waals surface area contributed by atoms with Crippen molar-refractivity contribution in [3.63, 3.8) is 0 Å². The summed E-state index contributed by atoms with van der Waals surface area (Å²) in [5.41, 5.74) is 1.77. The molecule has 0 amide bonds. The van der Waals surface area contributed by atoms with Gasteiger partial charge in [-0.1, -0.05) is 36.4 Å². The van der Waals surface area contributed by atoms with Gasteiger partial charge in [-0.05, 0) is 77.7 Å². The van der Waals surface area contributed by atoms with Crippen molar-refractivity contribution in [1.82, 2.24) is 24.4 Å². The molecule has 2 aromatic carbocycles. The van der Waals surface area contributed by atoms with Crippen molar-refractivity contribution in [3.05, 3.63) is 76.5 Å². The van der Waals surface area contributed by atoms with Crippen LogP contribution in [0.15, 0.2) is 59.5 Å². The molecule has 44 heavy (non-hydrogen) atoms. The molecule has 12 heteroatoms. The Kier molecular flexibility index (Phi) is 8.35. The predicted molar refractivity (Wildman–Crippen MR) is 179 cm³/mol. The molecule has 2 aliphatic rings. The molecule has 4 N–H and O–H groups in total. The Hall–Kier alpha value is -3.58. The molecule has 6 rings (SSSR count). The highest BCUT2D eigenvalue weighted by Crippen LogP contribution is 2.62. The highest BCUT2D eigenvalue weighted by Gasteiger charge is 2.48. The Morgan fingerprint density at radius 3 is 2.45 bits per heavy atom. The van der Waals surface area contributed by atoms with E-state index in [1.54, 1.807) is 16.8 Å². The molecule has 0 unspecified atom stereocenters. The van der Waals surface area contributed by atoms with E-state index in [2.05, 4.69) is 39.0 Å². The van der Waals surface area contributed by atoms with Crippen LogP contribution in [0.1, 0.15) is 66.3 Å². The van der Waals surface area contributed by atoms with Gasteiger partial charge in [-0.3, -0.25) is 23.2 Å². The molecule has 2 saturated carbocycles. The van der Waals surface area contributed by atoms with E-state index in [0.29, 0.717) is 29.6 Å². The van der Waals surface area contributed by atoms with Gasteiger partial charge >= 0.3 is 0 Å². The zero-order valence-electron chi connectivity index (χ0n) is 25.4. The standard InChI is InChI=1S/C32H40FN7O3S.2H2/c1-19(2)40-30-27(18-34-32(37-30)35-22-11-13-23(14-12-22)39(3)4)36-29(31(40)41)21-10-15-26(25(33)16-21)38-44(42,43)28-17-24(28)20-8-6-5-7-9-20;;/h5-10,15-16,18-19,22-24,28,38,42-43H,11-14,17H2,1-4H3,(H,34,35,37);2*1H/t22?,23?,24-,28+;;/m0../s1. The number of rotatable bonds is 9. The second-order valence-corrected chi connectivity index (χ2v) is 14.4. The lowest BCUT2D eigenvalue weighted by Crippen LogP contribution is -2.36. The van der Waals surface area contributed by atoms with Gasteiger partial charge in [0.05, 0.1) is 17.1 Å². The number of anilines is 2. The summed E-state index contributed by atoms with van der Waals surface area (Å²) < 4.78 is 41.3. The van der Waals surface area contributed by atoms with Gasteiger partial charge in [-0.15, -0.1) is 10.8 Å². The van der Waals surface area contributed by atoms with Gasteiger partial charge in [0.2, 0.25) is 5.95 Å². The average molecular weight is 626 g/mol. The maximum absolute atomic E-state index is 15.4. The molecule has 238 valence electrons. The average Bonchev–Trinajstić information content (AvgIpc) is 3.81. The molecule has 0 saturated heterocycles. The number of hydrogen-bond acceptors (Lipinski definition) is 9. The van der Waals surface area contributed by atoms with E-state index in [9.17, 15) is 13.9 Å². The van der Waals surface area contributed by atoms with Gasteiger partial charge < -0.3 is 10.2 Å². The van der Waals surface area contributed by atoms with Gasteiger partial charge in [-0.2, -0.15) is 4.98 Å². The first-order chi connectivity index (χ1) is 21.0. The van der Waals surface area contributed by atoms with Gasteiger partial charge in [0.1, 0.15) is 17.0 Å². The second kappa shape index (κ2) is 12.1. The topological polar surface area (TPSA) is 128 Å². The summed E-state index contributed by atoms with van der Waals surface area (Å²) in [4.78, 5) is 29.7. The predicted octanol–water partition coefficient (Wildman–Crippen LogP) is 6.98. The monoisotopic (exact) mass is 625 g/mol. The third kappa shape index (κ3) is 6.16. The normalized spacial score (nSPS) is 22.4. The third-order valence-electron chi connectivity index (χ3n) is 8.79. The minimum absolute atomic E-state index is 0. The van der Waals surface area contributed by atoms with Gasteiger partial charge in [0.25, 0.3) is 5.56 Å². The second-order valence-electron chi connectivity index (χ2n) is 12.4. The van der Waals surface area contributed by atoms with Crippen molar-refractivity contribution in [1.29, 1.82) is 0 Å². The zero-order chi connectivity index (χ0) is 31.2. The molecule has 2 aliphatic carbocycles. The van der Waals surface area contributed by atoms with Crippen LogP contribution in [0.3, 0.4) is 0 Å². The van der Waals surface area contributed by atoms with E-state index in [-0.39, 0.29) is 37.8 Å². The summed E-state index contributed by atoms with van der Waals surface area (Å²) in [6, 6.07) is 14.4. The van der Waals surface area contributed by atoms with Crippen molar-refractivity contribution in [3.8, 4) is 11.3 Å². The van der Waals surface area contributed by atoms with Crippen LogP contribution >= 0.6 is 10.8 Å². The summed E-state index contributed by atoms with van der Waals surface area (Å²) >= 11 is 0. The molecular formula is C32H44FN7O3S. The van der Waals surface area contributed by atoms with E-state index in [4.69, 9.17) is 4.98 Å². The maximum Gasteiger partial charge on any atom is 0.278 e. The lowest BCUT2D eigenvalue weighted by Gasteiger charge is -2.34. The maximum atomic E-state index is 15.4. The fourth-order valence-electron chi connectivity index (χ4n) is 6.23. The minimum Gasteiger partial charge on any atom is -0.351 e. The zero-order valence-corrected chi connectivity index (χ0v) is 26.3. The number of halogens is 1. The Morgan fingerprint density at radius 2 is 1.80 bits per heavy atom. The van der Waals surface area contributed by atoms with Crippen molar-refractivity contribution < 1.29 is 16.3 Å². The van der Waals surface area contributed by atoms with Gasteiger partial charge in [0.15, 0.2) is 5.65 Å². The van der Waals surface area contributed by atoms with Crippen molar-refractivity contribution in [2.24, 2.45) is 0 Å². The van der Waals surface area contributed by atoms with Crippen molar-refractivity contribution in [2.45, 2.75) is 75.2 Å². The lowest BCUT2D eigenvalue weighted by atomic mass is 9.91. The van der Waals surface area contributed by atoms with Gasteiger partial charge in [0, 0.05) is 32.5 Å². The number of aromatic nitrogens is 4. The molecule has 0 aliphatic heterocycles. The smallest absolute Gasteiger partial charge is 0.278 e. The largest absolute Gasteiger partial charge is 0.351 e. The quantitative estimate of drug-likeness (QED) is 0.156. The molecule has 2 fully saturated rings. The Balaban J connectivity index is 0.00000240. The fourth-order valence-corrected chi connectivity index (χ4v) is 7.96. The number of nitrogens with zero attached hydrogens (tertiary/aromatic N) is 5.